The second-order valence-electron chi connectivity index (χ2n) is 5.26. The first-order chi connectivity index (χ1) is 6.95. The largest absolute Gasteiger partial charge is 0.0839 e. The van der Waals surface area contributed by atoms with Crippen molar-refractivity contribution >= 4 is 0 Å². The first-order valence-corrected chi connectivity index (χ1v) is 6.31. The van der Waals surface area contributed by atoms with Gasteiger partial charge in [-0.3, -0.25) is 0 Å². The fourth-order valence-electron chi connectivity index (χ4n) is 3.89. The summed E-state index contributed by atoms with van der Waals surface area (Å²) in [5.41, 5.74) is 1.77. The van der Waals surface area contributed by atoms with Crippen molar-refractivity contribution < 1.29 is 0 Å². The highest BCUT2D eigenvalue weighted by Gasteiger charge is 2.36. The summed E-state index contributed by atoms with van der Waals surface area (Å²) >= 11 is 0. The lowest BCUT2D eigenvalue weighted by atomic mass is 9.62. The third-order valence-electron chi connectivity index (χ3n) is 4.60. The second kappa shape index (κ2) is 3.56. The van der Waals surface area contributed by atoms with Gasteiger partial charge in [-0.05, 0) is 43.4 Å². The highest BCUT2D eigenvalue weighted by atomic mass is 14.4. The lowest BCUT2D eigenvalue weighted by molar-refractivity contribution is 0.142. The Bertz CT molecular complexity index is 272. The Balaban J connectivity index is 1.83. The first kappa shape index (κ1) is 8.76. The monoisotopic (exact) mass is 188 g/mol. The molecule has 3 aliphatic rings. The predicted octanol–water partition coefficient (Wildman–Crippen LogP) is 4.09. The molecule has 0 heterocycles. The summed E-state index contributed by atoms with van der Waals surface area (Å²) < 4.78 is 0. The molecule has 0 bridgehead atoms. The van der Waals surface area contributed by atoms with Crippen LogP contribution in [-0.4, -0.2) is 0 Å². The Hall–Kier alpha value is -0.520. The van der Waals surface area contributed by atoms with Gasteiger partial charge < -0.3 is 0 Å². The molecule has 0 aliphatic heterocycles. The molecule has 2 fully saturated rings. The van der Waals surface area contributed by atoms with E-state index in [-0.39, 0.29) is 0 Å². The molecule has 3 aliphatic carbocycles. The Labute approximate surface area is 87.1 Å². The topological polar surface area (TPSA) is 0 Å². The first-order valence-electron chi connectivity index (χ1n) is 6.31. The Morgan fingerprint density at radius 1 is 1.07 bits per heavy atom. The van der Waals surface area contributed by atoms with Gasteiger partial charge in [0.15, 0.2) is 0 Å². The van der Waals surface area contributed by atoms with E-state index in [1.165, 1.54) is 44.9 Å². The lowest BCUT2D eigenvalue weighted by Crippen LogP contribution is -2.32. The van der Waals surface area contributed by atoms with E-state index in [4.69, 9.17) is 0 Å². The summed E-state index contributed by atoms with van der Waals surface area (Å²) in [6.45, 7) is 0. The normalized spacial score (nSPS) is 41.1. The summed E-state index contributed by atoms with van der Waals surface area (Å²) in [6, 6.07) is 0. The molecular weight excluding hydrogens is 168 g/mol. The molecule has 0 aromatic rings. The molecule has 0 spiro atoms. The fraction of sp³-hybridized carbons (Fsp3) is 0.714. The zero-order valence-corrected chi connectivity index (χ0v) is 8.91. The molecule has 3 rings (SSSR count). The smallest absolute Gasteiger partial charge is 0.0134 e. The Morgan fingerprint density at radius 2 is 2.00 bits per heavy atom. The SMILES string of the molecule is C1=CCC2C(=C1)CCC1CCCCC12. The van der Waals surface area contributed by atoms with Crippen LogP contribution in [0.1, 0.15) is 44.9 Å². The number of rotatable bonds is 0. The molecule has 3 atom stereocenters. The van der Waals surface area contributed by atoms with Crippen molar-refractivity contribution in [2.45, 2.75) is 44.9 Å². The summed E-state index contributed by atoms with van der Waals surface area (Å²) in [4.78, 5) is 0. The van der Waals surface area contributed by atoms with Gasteiger partial charge in [-0.15, -0.1) is 0 Å². The number of allylic oxidation sites excluding steroid dienone is 4. The van der Waals surface area contributed by atoms with Crippen LogP contribution in [0.15, 0.2) is 23.8 Å². The quantitative estimate of drug-likeness (QED) is 0.537. The number of hydrogen-bond donors (Lipinski definition) is 0. The summed E-state index contributed by atoms with van der Waals surface area (Å²) in [7, 11) is 0. The minimum atomic E-state index is 0.944. The Morgan fingerprint density at radius 3 is 3.00 bits per heavy atom. The molecule has 0 aromatic heterocycles. The number of fused-ring (bicyclic) bond motifs is 3. The van der Waals surface area contributed by atoms with Crippen molar-refractivity contribution in [3.05, 3.63) is 23.8 Å². The molecule has 0 radical (unpaired) electrons. The van der Waals surface area contributed by atoms with Gasteiger partial charge >= 0.3 is 0 Å². The molecule has 3 unspecified atom stereocenters. The molecule has 0 nitrogen and oxygen atoms in total. The maximum Gasteiger partial charge on any atom is -0.0134 e. The minimum absolute atomic E-state index is 0.944. The van der Waals surface area contributed by atoms with Gasteiger partial charge in [0.1, 0.15) is 0 Å². The average molecular weight is 188 g/mol. The van der Waals surface area contributed by atoms with Crippen molar-refractivity contribution in [2.24, 2.45) is 17.8 Å². The molecule has 0 aromatic carbocycles. The van der Waals surface area contributed by atoms with Gasteiger partial charge in [0.25, 0.3) is 0 Å². The van der Waals surface area contributed by atoms with Crippen LogP contribution in [0.4, 0.5) is 0 Å². The van der Waals surface area contributed by atoms with E-state index in [2.05, 4.69) is 18.2 Å². The average Bonchev–Trinajstić information content (AvgIpc) is 2.29. The second-order valence-corrected chi connectivity index (χ2v) is 5.26. The van der Waals surface area contributed by atoms with Gasteiger partial charge in [0.2, 0.25) is 0 Å². The van der Waals surface area contributed by atoms with Crippen molar-refractivity contribution in [2.75, 3.05) is 0 Å². The van der Waals surface area contributed by atoms with Gasteiger partial charge in [0, 0.05) is 0 Å². The van der Waals surface area contributed by atoms with Crippen LogP contribution in [0.5, 0.6) is 0 Å². The third kappa shape index (κ3) is 1.36. The van der Waals surface area contributed by atoms with Gasteiger partial charge in [-0.1, -0.05) is 43.1 Å². The van der Waals surface area contributed by atoms with Crippen molar-refractivity contribution in [3.63, 3.8) is 0 Å². The van der Waals surface area contributed by atoms with E-state index in [1.807, 2.05) is 0 Å². The van der Waals surface area contributed by atoms with Crippen LogP contribution in [0, 0.1) is 17.8 Å². The predicted molar refractivity (Wildman–Crippen MR) is 60.0 cm³/mol. The molecule has 76 valence electrons. The molecule has 14 heavy (non-hydrogen) atoms. The van der Waals surface area contributed by atoms with Crippen molar-refractivity contribution in [1.29, 1.82) is 0 Å². The van der Waals surface area contributed by atoms with Crippen LogP contribution >= 0.6 is 0 Å². The van der Waals surface area contributed by atoms with Crippen molar-refractivity contribution in [3.8, 4) is 0 Å². The molecule has 0 saturated heterocycles. The molecular formula is C14H20. The molecule has 0 amide bonds. The van der Waals surface area contributed by atoms with Crippen LogP contribution in [0.2, 0.25) is 0 Å². The molecule has 0 heteroatoms. The fourth-order valence-corrected chi connectivity index (χ4v) is 3.89. The maximum atomic E-state index is 2.40. The summed E-state index contributed by atoms with van der Waals surface area (Å²) in [5.74, 6) is 3.07. The maximum absolute atomic E-state index is 2.40. The van der Waals surface area contributed by atoms with Crippen LogP contribution < -0.4 is 0 Å². The standard InChI is InChI=1S/C14H20/c1-3-7-13-11(5-1)9-10-12-6-2-4-8-14(12)13/h1,3,5,12-14H,2,4,6-10H2. The third-order valence-corrected chi connectivity index (χ3v) is 4.60. The zero-order chi connectivity index (χ0) is 9.38. The molecule has 2 saturated carbocycles. The van der Waals surface area contributed by atoms with E-state index in [1.54, 1.807) is 5.57 Å². The summed E-state index contributed by atoms with van der Waals surface area (Å²) in [6.07, 6.45) is 17.3. The van der Waals surface area contributed by atoms with E-state index in [9.17, 15) is 0 Å². The highest BCUT2D eigenvalue weighted by Crippen LogP contribution is 2.48. The molecule has 0 N–H and O–H groups in total. The lowest BCUT2D eigenvalue weighted by Gasteiger charge is -2.43. The van der Waals surface area contributed by atoms with E-state index in [0.717, 1.165) is 17.8 Å². The van der Waals surface area contributed by atoms with Gasteiger partial charge in [-0.25, -0.2) is 0 Å². The zero-order valence-electron chi connectivity index (χ0n) is 8.91. The Kier molecular flexibility index (Phi) is 2.23. The van der Waals surface area contributed by atoms with E-state index < -0.39 is 0 Å². The van der Waals surface area contributed by atoms with E-state index in [0.29, 0.717) is 0 Å². The van der Waals surface area contributed by atoms with Crippen LogP contribution in [0.3, 0.4) is 0 Å². The summed E-state index contributed by atoms with van der Waals surface area (Å²) in [5, 5.41) is 0. The number of hydrogen-bond acceptors (Lipinski definition) is 0. The van der Waals surface area contributed by atoms with Gasteiger partial charge in [0.05, 0.1) is 0 Å². The highest BCUT2D eigenvalue weighted by molar-refractivity contribution is 5.24. The van der Waals surface area contributed by atoms with E-state index >= 15 is 0 Å². The van der Waals surface area contributed by atoms with Crippen LogP contribution in [-0.2, 0) is 0 Å². The van der Waals surface area contributed by atoms with Crippen molar-refractivity contribution in [1.82, 2.24) is 0 Å². The minimum Gasteiger partial charge on any atom is -0.0839 e. The van der Waals surface area contributed by atoms with Crippen LogP contribution in [0.25, 0.3) is 0 Å². The van der Waals surface area contributed by atoms with Gasteiger partial charge in [-0.2, -0.15) is 0 Å².